The van der Waals surface area contributed by atoms with Crippen LogP contribution in [0.5, 0.6) is 0 Å². The molecule has 4 aromatic rings. The van der Waals surface area contributed by atoms with E-state index in [1.807, 2.05) is 41.1 Å². The summed E-state index contributed by atoms with van der Waals surface area (Å²) < 4.78 is 1.69. The lowest BCUT2D eigenvalue weighted by Gasteiger charge is -2.16. The zero-order valence-electron chi connectivity index (χ0n) is 12.8. The fourth-order valence-corrected chi connectivity index (χ4v) is 4.30. The Morgan fingerprint density at radius 2 is 2.08 bits per heavy atom. The summed E-state index contributed by atoms with van der Waals surface area (Å²) in [4.78, 5) is 33.5. The number of thiophene rings is 2. The van der Waals surface area contributed by atoms with Gasteiger partial charge in [-0.15, -0.1) is 22.7 Å². The topological polar surface area (TPSA) is 66.1 Å². The summed E-state index contributed by atoms with van der Waals surface area (Å²) in [6, 6.07) is 9.65. The van der Waals surface area contributed by atoms with E-state index in [1.165, 1.54) is 11.3 Å². The normalized spacial score (nSPS) is 11.2. The van der Waals surface area contributed by atoms with E-state index in [9.17, 15) is 9.59 Å². The van der Waals surface area contributed by atoms with Crippen LogP contribution in [0.25, 0.3) is 20.3 Å². The fourth-order valence-electron chi connectivity index (χ4n) is 2.64. The first kappa shape index (κ1) is 15.0. The molecule has 0 radical (unpaired) electrons. The molecular weight excluding hydrogens is 342 g/mol. The average Bonchev–Trinajstić information content (AvgIpc) is 3.20. The number of H-pyrrole nitrogens is 1. The Hall–Kier alpha value is -2.51. The van der Waals surface area contributed by atoms with Gasteiger partial charge in [-0.2, -0.15) is 0 Å². The van der Waals surface area contributed by atoms with Crippen LogP contribution >= 0.6 is 22.7 Å². The molecule has 120 valence electrons. The number of aromatic nitrogens is 2. The van der Waals surface area contributed by atoms with Crippen molar-refractivity contribution >= 4 is 48.9 Å². The van der Waals surface area contributed by atoms with Crippen LogP contribution in [0.15, 0.2) is 45.9 Å². The minimum atomic E-state index is -0.160. The van der Waals surface area contributed by atoms with Crippen molar-refractivity contribution in [1.29, 1.82) is 0 Å². The number of fused-ring (bicyclic) bond motifs is 2. The van der Waals surface area contributed by atoms with E-state index in [-0.39, 0.29) is 18.0 Å². The van der Waals surface area contributed by atoms with Crippen molar-refractivity contribution in [3.8, 4) is 0 Å². The summed E-state index contributed by atoms with van der Waals surface area (Å²) in [5.41, 5.74) is 1.18. The molecule has 0 saturated heterocycles. The van der Waals surface area contributed by atoms with Crippen LogP contribution in [0, 0.1) is 0 Å². The van der Waals surface area contributed by atoms with E-state index in [1.54, 1.807) is 23.3 Å². The van der Waals surface area contributed by atoms with Crippen molar-refractivity contribution in [2.24, 2.45) is 0 Å². The maximum atomic E-state index is 12.7. The summed E-state index contributed by atoms with van der Waals surface area (Å²) in [6.45, 7) is 0.254. The van der Waals surface area contributed by atoms with Crippen molar-refractivity contribution < 1.29 is 4.79 Å². The predicted octanol–water partition coefficient (Wildman–Crippen LogP) is 3.47. The molecule has 0 aliphatic carbocycles. The van der Waals surface area contributed by atoms with Gasteiger partial charge in [-0.3, -0.25) is 9.59 Å². The molecule has 24 heavy (non-hydrogen) atoms. The number of rotatable bonds is 3. The number of hydrogen-bond acceptors (Lipinski definition) is 5. The minimum absolute atomic E-state index is 0.0829. The highest BCUT2D eigenvalue weighted by Gasteiger charge is 2.17. The van der Waals surface area contributed by atoms with Crippen LogP contribution < -0.4 is 5.56 Å². The summed E-state index contributed by atoms with van der Waals surface area (Å²) in [7, 11) is 1.71. The second-order valence-corrected chi connectivity index (χ2v) is 7.28. The SMILES string of the molecule is CN(Cc1nc2ccsc2c(=O)[nH]1)C(=O)c1csc2ccccc12. The van der Waals surface area contributed by atoms with Gasteiger partial charge in [0, 0.05) is 22.5 Å². The molecule has 1 aromatic carbocycles. The highest BCUT2D eigenvalue weighted by atomic mass is 32.1. The summed E-state index contributed by atoms with van der Waals surface area (Å²) >= 11 is 2.91. The third-order valence-electron chi connectivity index (χ3n) is 3.81. The van der Waals surface area contributed by atoms with Crippen molar-refractivity contribution in [3.63, 3.8) is 0 Å². The molecule has 1 N–H and O–H groups in total. The number of carbonyl (C=O) groups excluding carboxylic acids is 1. The Morgan fingerprint density at radius 1 is 1.25 bits per heavy atom. The minimum Gasteiger partial charge on any atom is -0.334 e. The van der Waals surface area contributed by atoms with Gasteiger partial charge in [0.15, 0.2) is 0 Å². The highest BCUT2D eigenvalue weighted by Crippen LogP contribution is 2.26. The Bertz CT molecular complexity index is 1110. The van der Waals surface area contributed by atoms with Gasteiger partial charge in [-0.05, 0) is 17.5 Å². The van der Waals surface area contributed by atoms with E-state index in [2.05, 4.69) is 9.97 Å². The maximum Gasteiger partial charge on any atom is 0.268 e. The van der Waals surface area contributed by atoms with Gasteiger partial charge >= 0.3 is 0 Å². The van der Waals surface area contributed by atoms with Crippen LogP contribution in [0.2, 0.25) is 0 Å². The zero-order valence-corrected chi connectivity index (χ0v) is 14.4. The van der Waals surface area contributed by atoms with Crippen LogP contribution in [0.1, 0.15) is 16.2 Å². The van der Waals surface area contributed by atoms with Gasteiger partial charge in [0.05, 0.1) is 17.6 Å². The highest BCUT2D eigenvalue weighted by molar-refractivity contribution is 7.17. The van der Waals surface area contributed by atoms with Gasteiger partial charge in [-0.1, -0.05) is 18.2 Å². The quantitative estimate of drug-likeness (QED) is 0.612. The van der Waals surface area contributed by atoms with E-state index >= 15 is 0 Å². The van der Waals surface area contributed by atoms with E-state index in [0.29, 0.717) is 21.6 Å². The zero-order chi connectivity index (χ0) is 16.7. The van der Waals surface area contributed by atoms with Gasteiger partial charge in [-0.25, -0.2) is 4.98 Å². The second-order valence-electron chi connectivity index (χ2n) is 5.45. The largest absolute Gasteiger partial charge is 0.334 e. The van der Waals surface area contributed by atoms with Crippen LogP contribution in [-0.4, -0.2) is 27.8 Å². The monoisotopic (exact) mass is 355 g/mol. The van der Waals surface area contributed by atoms with Crippen LogP contribution in [0.4, 0.5) is 0 Å². The van der Waals surface area contributed by atoms with Crippen LogP contribution in [-0.2, 0) is 6.54 Å². The first-order valence-electron chi connectivity index (χ1n) is 7.31. The lowest BCUT2D eigenvalue weighted by molar-refractivity contribution is 0.0784. The van der Waals surface area contributed by atoms with Crippen molar-refractivity contribution in [3.05, 3.63) is 62.8 Å². The molecule has 0 aliphatic rings. The van der Waals surface area contributed by atoms with E-state index in [4.69, 9.17) is 0 Å². The molecule has 0 bridgehead atoms. The standard InChI is InChI=1S/C17H13N3O2S2/c1-20(8-14-18-12-6-7-23-15(12)16(21)19-14)17(22)11-9-24-13-5-3-2-4-10(11)13/h2-7,9H,8H2,1H3,(H,18,19,21). The molecule has 3 aromatic heterocycles. The number of nitrogens with one attached hydrogen (secondary N) is 1. The van der Waals surface area contributed by atoms with E-state index < -0.39 is 0 Å². The number of benzene rings is 1. The van der Waals surface area contributed by atoms with Gasteiger partial charge < -0.3 is 9.88 Å². The summed E-state index contributed by atoms with van der Waals surface area (Å²) in [5.74, 6) is 0.404. The molecule has 5 nitrogen and oxygen atoms in total. The van der Waals surface area contributed by atoms with E-state index in [0.717, 1.165) is 10.1 Å². The molecule has 0 fully saturated rings. The average molecular weight is 355 g/mol. The number of aromatic amines is 1. The lowest BCUT2D eigenvalue weighted by Crippen LogP contribution is -2.28. The molecule has 4 rings (SSSR count). The molecule has 0 unspecified atom stereocenters. The Labute approximate surface area is 145 Å². The predicted molar refractivity (Wildman–Crippen MR) is 97.9 cm³/mol. The summed E-state index contributed by atoms with van der Waals surface area (Å²) in [5, 5.41) is 4.67. The number of nitrogens with zero attached hydrogens (tertiary/aromatic N) is 2. The molecule has 0 saturated carbocycles. The number of hydrogen-bond donors (Lipinski definition) is 1. The second kappa shape index (κ2) is 5.85. The number of amides is 1. The smallest absolute Gasteiger partial charge is 0.268 e. The summed E-state index contributed by atoms with van der Waals surface area (Å²) in [6.07, 6.45) is 0. The third-order valence-corrected chi connectivity index (χ3v) is 5.67. The Balaban J connectivity index is 1.64. The van der Waals surface area contributed by atoms with Crippen molar-refractivity contribution in [2.45, 2.75) is 6.54 Å². The lowest BCUT2D eigenvalue weighted by atomic mass is 10.1. The fraction of sp³-hybridized carbons (Fsp3) is 0.118. The van der Waals surface area contributed by atoms with Gasteiger partial charge in [0.25, 0.3) is 11.5 Å². The van der Waals surface area contributed by atoms with Crippen molar-refractivity contribution in [2.75, 3.05) is 7.05 Å². The Kier molecular flexibility index (Phi) is 3.66. The van der Waals surface area contributed by atoms with Crippen molar-refractivity contribution in [1.82, 2.24) is 14.9 Å². The van der Waals surface area contributed by atoms with Crippen LogP contribution in [0.3, 0.4) is 0 Å². The molecule has 1 amide bonds. The molecular formula is C17H13N3O2S2. The molecule has 0 spiro atoms. The Morgan fingerprint density at radius 3 is 2.96 bits per heavy atom. The molecule has 3 heterocycles. The molecule has 0 aliphatic heterocycles. The first-order chi connectivity index (χ1) is 11.6. The third kappa shape index (κ3) is 2.51. The van der Waals surface area contributed by atoms with Gasteiger partial charge in [0.2, 0.25) is 0 Å². The molecule has 7 heteroatoms. The van der Waals surface area contributed by atoms with Gasteiger partial charge in [0.1, 0.15) is 10.5 Å². The maximum absolute atomic E-state index is 12.7. The molecule has 0 atom stereocenters. The first-order valence-corrected chi connectivity index (χ1v) is 9.07. The number of carbonyl (C=O) groups is 1.